The zero-order chi connectivity index (χ0) is 13.5. The number of carbonyl (C=O) groups is 1. The summed E-state index contributed by atoms with van der Waals surface area (Å²) in [5, 5.41) is 9.21. The van der Waals surface area contributed by atoms with Gasteiger partial charge < -0.3 is 5.11 Å². The highest BCUT2D eigenvalue weighted by Gasteiger charge is 2.47. The number of aliphatic carboxylic acids is 1. The van der Waals surface area contributed by atoms with Gasteiger partial charge in [-0.15, -0.1) is 0 Å². The molecule has 18 heavy (non-hydrogen) atoms. The van der Waals surface area contributed by atoms with Gasteiger partial charge in [0, 0.05) is 0 Å². The Balaban J connectivity index is 2.12. The van der Waals surface area contributed by atoms with Crippen molar-refractivity contribution in [2.75, 3.05) is 0 Å². The van der Waals surface area contributed by atoms with Gasteiger partial charge in [-0.3, -0.25) is 4.79 Å². The molecule has 2 rings (SSSR count). The van der Waals surface area contributed by atoms with Crippen LogP contribution in [-0.2, 0) is 4.79 Å². The standard InChI is InChI=1S/C16H28O2/c1-10-5-6-12-7-8-13(11(2)15(17)18)9-14(12)16(10,3)4/h10-14H,5-9H2,1-4H3,(H,17,18). The van der Waals surface area contributed by atoms with Crippen LogP contribution in [0.5, 0.6) is 0 Å². The molecule has 0 spiro atoms. The summed E-state index contributed by atoms with van der Waals surface area (Å²) in [7, 11) is 0. The average molecular weight is 252 g/mol. The average Bonchev–Trinajstić information content (AvgIpc) is 2.33. The lowest BCUT2D eigenvalue weighted by molar-refractivity contribution is -0.144. The minimum atomic E-state index is -0.611. The van der Waals surface area contributed by atoms with E-state index in [1.165, 1.54) is 19.3 Å². The van der Waals surface area contributed by atoms with E-state index in [1.807, 2.05) is 6.92 Å². The summed E-state index contributed by atoms with van der Waals surface area (Å²) in [5.41, 5.74) is 0.389. The lowest BCUT2D eigenvalue weighted by atomic mass is 9.53. The van der Waals surface area contributed by atoms with Crippen LogP contribution in [0.1, 0.15) is 59.8 Å². The van der Waals surface area contributed by atoms with Gasteiger partial charge >= 0.3 is 5.97 Å². The van der Waals surface area contributed by atoms with Gasteiger partial charge in [0.1, 0.15) is 0 Å². The van der Waals surface area contributed by atoms with Gasteiger partial charge in [-0.1, -0.05) is 27.7 Å². The molecule has 5 atom stereocenters. The zero-order valence-electron chi connectivity index (χ0n) is 12.3. The zero-order valence-corrected chi connectivity index (χ0v) is 12.3. The van der Waals surface area contributed by atoms with Crippen molar-refractivity contribution in [2.24, 2.45) is 35.0 Å². The maximum absolute atomic E-state index is 11.2. The molecular formula is C16H28O2. The molecule has 104 valence electrons. The monoisotopic (exact) mass is 252 g/mol. The van der Waals surface area contributed by atoms with Crippen LogP contribution in [-0.4, -0.2) is 11.1 Å². The van der Waals surface area contributed by atoms with Crippen molar-refractivity contribution >= 4 is 5.97 Å². The van der Waals surface area contributed by atoms with Crippen LogP contribution in [0.15, 0.2) is 0 Å². The number of hydrogen-bond donors (Lipinski definition) is 1. The Morgan fingerprint density at radius 3 is 2.44 bits per heavy atom. The highest BCUT2D eigenvalue weighted by atomic mass is 16.4. The molecule has 0 amide bonds. The molecule has 1 N–H and O–H groups in total. The minimum absolute atomic E-state index is 0.168. The van der Waals surface area contributed by atoms with Gasteiger partial charge in [0.2, 0.25) is 0 Å². The van der Waals surface area contributed by atoms with Gasteiger partial charge in [-0.25, -0.2) is 0 Å². The number of rotatable bonds is 2. The van der Waals surface area contributed by atoms with Crippen LogP contribution in [0.2, 0.25) is 0 Å². The van der Waals surface area contributed by atoms with Crippen LogP contribution in [0.25, 0.3) is 0 Å². The SMILES string of the molecule is CC(C(=O)O)C1CCC2CCC(C)C(C)(C)C2C1. The predicted octanol–water partition coefficient (Wildman–Crippen LogP) is 4.20. The number of hydrogen-bond acceptors (Lipinski definition) is 1. The van der Waals surface area contributed by atoms with Gasteiger partial charge in [-0.05, 0) is 61.2 Å². The quantitative estimate of drug-likeness (QED) is 0.800. The van der Waals surface area contributed by atoms with Gasteiger partial charge in [-0.2, -0.15) is 0 Å². The second-order valence-electron chi connectivity index (χ2n) is 7.37. The maximum atomic E-state index is 11.2. The fraction of sp³-hybridized carbons (Fsp3) is 0.938. The first-order valence-electron chi connectivity index (χ1n) is 7.56. The second-order valence-corrected chi connectivity index (χ2v) is 7.37. The molecular weight excluding hydrogens is 224 g/mol. The molecule has 0 saturated heterocycles. The van der Waals surface area contributed by atoms with E-state index in [2.05, 4.69) is 20.8 Å². The van der Waals surface area contributed by atoms with Crippen molar-refractivity contribution in [2.45, 2.75) is 59.8 Å². The summed E-state index contributed by atoms with van der Waals surface area (Å²) in [6, 6.07) is 0. The molecule has 0 aromatic carbocycles. The van der Waals surface area contributed by atoms with E-state index in [-0.39, 0.29) is 5.92 Å². The third-order valence-corrected chi connectivity index (χ3v) is 6.33. The summed E-state index contributed by atoms with van der Waals surface area (Å²) >= 11 is 0. The van der Waals surface area contributed by atoms with Crippen molar-refractivity contribution in [3.63, 3.8) is 0 Å². The van der Waals surface area contributed by atoms with E-state index in [0.717, 1.165) is 30.6 Å². The van der Waals surface area contributed by atoms with E-state index in [1.54, 1.807) is 0 Å². The van der Waals surface area contributed by atoms with Crippen LogP contribution in [0.4, 0.5) is 0 Å². The fourth-order valence-corrected chi connectivity index (χ4v) is 4.38. The number of fused-ring (bicyclic) bond motifs is 1. The van der Waals surface area contributed by atoms with E-state index < -0.39 is 5.97 Å². The Morgan fingerprint density at radius 1 is 1.22 bits per heavy atom. The van der Waals surface area contributed by atoms with E-state index in [9.17, 15) is 9.90 Å². The molecule has 0 aliphatic heterocycles. The molecule has 0 aromatic heterocycles. The smallest absolute Gasteiger partial charge is 0.306 e. The molecule has 0 bridgehead atoms. The third kappa shape index (κ3) is 2.31. The largest absolute Gasteiger partial charge is 0.481 e. The Kier molecular flexibility index (Phi) is 3.75. The molecule has 2 fully saturated rings. The topological polar surface area (TPSA) is 37.3 Å². The summed E-state index contributed by atoms with van der Waals surface area (Å²) in [5.74, 6) is 1.99. The molecule has 0 heterocycles. The van der Waals surface area contributed by atoms with Crippen molar-refractivity contribution in [3.05, 3.63) is 0 Å². The second kappa shape index (κ2) is 4.86. The van der Waals surface area contributed by atoms with Gasteiger partial charge in [0.15, 0.2) is 0 Å². The number of carboxylic acids is 1. The Bertz CT molecular complexity index is 321. The summed E-state index contributed by atoms with van der Waals surface area (Å²) in [6.45, 7) is 9.08. The maximum Gasteiger partial charge on any atom is 0.306 e. The Labute approximate surface area is 111 Å². The van der Waals surface area contributed by atoms with Crippen molar-refractivity contribution in [3.8, 4) is 0 Å². The van der Waals surface area contributed by atoms with Crippen LogP contribution >= 0.6 is 0 Å². The lowest BCUT2D eigenvalue weighted by Gasteiger charge is -2.52. The molecule has 5 unspecified atom stereocenters. The van der Waals surface area contributed by atoms with Crippen LogP contribution in [0.3, 0.4) is 0 Å². The predicted molar refractivity (Wildman–Crippen MR) is 73.3 cm³/mol. The summed E-state index contributed by atoms with van der Waals surface area (Å²) in [6.07, 6.45) is 6.23. The van der Waals surface area contributed by atoms with Gasteiger partial charge in [0.25, 0.3) is 0 Å². The van der Waals surface area contributed by atoms with Crippen molar-refractivity contribution < 1.29 is 9.90 Å². The van der Waals surface area contributed by atoms with E-state index >= 15 is 0 Å². The Morgan fingerprint density at radius 2 is 1.83 bits per heavy atom. The Hall–Kier alpha value is -0.530. The molecule has 0 radical (unpaired) electrons. The normalized spacial score (nSPS) is 40.9. The molecule has 2 aliphatic carbocycles. The minimum Gasteiger partial charge on any atom is -0.481 e. The highest BCUT2D eigenvalue weighted by molar-refractivity contribution is 5.69. The highest BCUT2D eigenvalue weighted by Crippen LogP contribution is 2.55. The number of carboxylic acid groups (broad SMARTS) is 1. The van der Waals surface area contributed by atoms with Crippen LogP contribution < -0.4 is 0 Å². The van der Waals surface area contributed by atoms with Gasteiger partial charge in [0.05, 0.1) is 5.92 Å². The summed E-state index contributed by atoms with van der Waals surface area (Å²) < 4.78 is 0. The van der Waals surface area contributed by atoms with E-state index in [4.69, 9.17) is 0 Å². The fourth-order valence-electron chi connectivity index (χ4n) is 4.38. The first kappa shape index (κ1) is 13.9. The van der Waals surface area contributed by atoms with E-state index in [0.29, 0.717) is 11.3 Å². The van der Waals surface area contributed by atoms with Crippen LogP contribution in [0, 0.1) is 35.0 Å². The first-order chi connectivity index (χ1) is 8.34. The van der Waals surface area contributed by atoms with Crippen molar-refractivity contribution in [1.82, 2.24) is 0 Å². The lowest BCUT2D eigenvalue weighted by Crippen LogP contribution is -2.45. The molecule has 0 aromatic rings. The molecule has 2 saturated carbocycles. The molecule has 2 aliphatic rings. The first-order valence-corrected chi connectivity index (χ1v) is 7.56. The third-order valence-electron chi connectivity index (χ3n) is 6.33. The molecule has 2 heteroatoms. The summed E-state index contributed by atoms with van der Waals surface area (Å²) in [4.78, 5) is 11.2. The molecule has 2 nitrogen and oxygen atoms in total. The van der Waals surface area contributed by atoms with Crippen molar-refractivity contribution in [1.29, 1.82) is 0 Å².